The molecule has 0 saturated carbocycles. The molecule has 0 spiro atoms. The van der Waals surface area contributed by atoms with Crippen LogP contribution in [0.5, 0.6) is 0 Å². The van der Waals surface area contributed by atoms with E-state index >= 15 is 0 Å². The fourth-order valence-electron chi connectivity index (χ4n) is 1.19. The molecule has 2 rings (SSSR count). The number of nitrogens with one attached hydrogen (secondary N) is 1. The minimum atomic E-state index is 0.303. The van der Waals surface area contributed by atoms with Gasteiger partial charge in [-0.2, -0.15) is 0 Å². The number of rotatable bonds is 0. The van der Waals surface area contributed by atoms with E-state index in [9.17, 15) is 0 Å². The quantitative estimate of drug-likeness (QED) is 0.557. The molecule has 0 saturated heterocycles. The average molecular weight is 259 g/mol. The number of anilines is 1. The lowest BCUT2D eigenvalue weighted by molar-refractivity contribution is 1.19. The van der Waals surface area contributed by atoms with Crippen LogP contribution in [0.1, 0.15) is 5.56 Å². The fraction of sp³-hybridized carbons (Fsp3) is 0.222. The van der Waals surface area contributed by atoms with Crippen LogP contribution in [0.15, 0.2) is 24.3 Å². The van der Waals surface area contributed by atoms with Crippen molar-refractivity contribution >= 4 is 30.6 Å². The zero-order valence-electron chi connectivity index (χ0n) is 6.18. The lowest BCUT2D eigenvalue weighted by Crippen LogP contribution is -1.94. The molecule has 0 radical (unpaired) electrons. The van der Waals surface area contributed by atoms with Crippen LogP contribution in [0.25, 0.3) is 0 Å². The van der Waals surface area contributed by atoms with Crippen LogP contribution in [0.2, 0.25) is 0 Å². The maximum atomic E-state index is 3.35. The van der Waals surface area contributed by atoms with Crippen molar-refractivity contribution in [1.82, 2.24) is 0 Å². The smallest absolute Gasteiger partial charge is 0.0415 e. The Morgan fingerprint density at radius 3 is 3.18 bits per heavy atom. The molecule has 0 amide bonds. The highest BCUT2D eigenvalue weighted by molar-refractivity contribution is 14.2. The summed E-state index contributed by atoms with van der Waals surface area (Å²) in [5.74, 6) is 0. The van der Waals surface area contributed by atoms with Crippen molar-refractivity contribution in [1.29, 1.82) is 0 Å². The summed E-state index contributed by atoms with van der Waals surface area (Å²) < 4.78 is 3.63. The van der Waals surface area contributed by atoms with Crippen LogP contribution in [0, 0.1) is 0 Å². The van der Waals surface area contributed by atoms with E-state index in [1.54, 1.807) is 0 Å². The van der Waals surface area contributed by atoms with Gasteiger partial charge >= 0.3 is 0 Å². The van der Waals surface area contributed by atoms with Crippen LogP contribution in [0.4, 0.5) is 5.69 Å². The van der Waals surface area contributed by atoms with Gasteiger partial charge in [-0.3, -0.25) is 0 Å². The highest BCUT2D eigenvalue weighted by atomic mass is 127. The molecule has 1 heterocycles. The molecule has 1 nitrogen and oxygen atoms in total. The van der Waals surface area contributed by atoms with E-state index in [2.05, 4.69) is 33.7 Å². The molecule has 0 unspecified atom stereocenters. The monoisotopic (exact) mass is 259 g/mol. The number of halogens is 1. The summed E-state index contributed by atoms with van der Waals surface area (Å²) in [6.07, 6.45) is 1.26. The molecule has 1 aromatic rings. The van der Waals surface area contributed by atoms with Gasteiger partial charge in [-0.25, -0.2) is 0 Å². The van der Waals surface area contributed by atoms with E-state index in [0.717, 1.165) is 0 Å². The number of para-hydroxylation sites is 1. The molecule has 11 heavy (non-hydrogen) atoms. The zero-order chi connectivity index (χ0) is 7.52. The Morgan fingerprint density at radius 1 is 1.27 bits per heavy atom. The van der Waals surface area contributed by atoms with Crippen LogP contribution in [-0.4, -0.2) is 8.56 Å². The third-order valence-electron chi connectivity index (χ3n) is 1.78. The molecular formula is C9H10IN. The SMILES string of the molecule is C1=ICCc2ccccc2N1. The van der Waals surface area contributed by atoms with Gasteiger partial charge in [0.1, 0.15) is 0 Å². The van der Waals surface area contributed by atoms with Crippen molar-refractivity contribution in [2.75, 3.05) is 9.74 Å². The first-order chi connectivity index (χ1) is 5.47. The van der Waals surface area contributed by atoms with Crippen LogP contribution >= 0.6 is 20.7 Å². The molecule has 0 fully saturated rings. The zero-order valence-corrected chi connectivity index (χ0v) is 8.34. The van der Waals surface area contributed by atoms with E-state index < -0.39 is 0 Å². The van der Waals surface area contributed by atoms with E-state index in [1.807, 2.05) is 0 Å². The highest BCUT2D eigenvalue weighted by Gasteiger charge is 2.00. The predicted octanol–water partition coefficient (Wildman–Crippen LogP) is 2.38. The summed E-state index contributed by atoms with van der Waals surface area (Å²) in [5, 5.41) is 3.35. The summed E-state index contributed by atoms with van der Waals surface area (Å²) >= 11 is 0.303. The second kappa shape index (κ2) is 3.34. The summed E-state index contributed by atoms with van der Waals surface area (Å²) in [6, 6.07) is 8.57. The van der Waals surface area contributed by atoms with Crippen LogP contribution in [0.3, 0.4) is 0 Å². The largest absolute Gasteiger partial charge is 0.357 e. The predicted molar refractivity (Wildman–Crippen MR) is 58.7 cm³/mol. The van der Waals surface area contributed by atoms with E-state index in [0.29, 0.717) is 20.7 Å². The van der Waals surface area contributed by atoms with Crippen molar-refractivity contribution in [3.63, 3.8) is 0 Å². The van der Waals surface area contributed by atoms with Crippen molar-refractivity contribution in [2.45, 2.75) is 6.42 Å². The van der Waals surface area contributed by atoms with Gasteiger partial charge in [0, 0.05) is 14.3 Å². The van der Waals surface area contributed by atoms with Crippen molar-refractivity contribution in [3.8, 4) is 0 Å². The minimum absolute atomic E-state index is 0.303. The molecule has 1 aliphatic heterocycles. The molecule has 1 aromatic carbocycles. The van der Waals surface area contributed by atoms with E-state index in [1.165, 1.54) is 22.1 Å². The molecule has 0 aliphatic carbocycles. The highest BCUT2D eigenvalue weighted by Crippen LogP contribution is 2.19. The van der Waals surface area contributed by atoms with Gasteiger partial charge in [0.2, 0.25) is 0 Å². The number of hydrogen-bond donors (Lipinski definition) is 1. The number of alkyl halides is 1. The molecule has 58 valence electrons. The second-order valence-electron chi connectivity index (χ2n) is 2.50. The Labute approximate surface area is 76.6 Å². The first kappa shape index (κ1) is 7.28. The van der Waals surface area contributed by atoms with Gasteiger partial charge in [0.15, 0.2) is 0 Å². The van der Waals surface area contributed by atoms with Gasteiger partial charge < -0.3 is 5.32 Å². The number of hydrogen-bond acceptors (Lipinski definition) is 1. The maximum absolute atomic E-state index is 3.35. The van der Waals surface area contributed by atoms with Crippen molar-refractivity contribution < 1.29 is 0 Å². The topological polar surface area (TPSA) is 12.0 Å². The lowest BCUT2D eigenvalue weighted by atomic mass is 10.1. The van der Waals surface area contributed by atoms with Gasteiger partial charge in [0.05, 0.1) is 0 Å². The Balaban J connectivity index is 2.40. The van der Waals surface area contributed by atoms with E-state index in [-0.39, 0.29) is 0 Å². The third-order valence-corrected chi connectivity index (χ3v) is 3.69. The first-order valence-corrected chi connectivity index (χ1v) is 6.48. The molecule has 1 N–H and O–H groups in total. The Kier molecular flexibility index (Phi) is 2.21. The summed E-state index contributed by atoms with van der Waals surface area (Å²) in [7, 11) is 0. The van der Waals surface area contributed by atoms with Gasteiger partial charge in [0.25, 0.3) is 0 Å². The average Bonchev–Trinajstić information content (AvgIpc) is 2.28. The Hall–Kier alpha value is -0.380. The first-order valence-electron chi connectivity index (χ1n) is 3.71. The maximum Gasteiger partial charge on any atom is 0.0415 e. The molecule has 1 aliphatic rings. The third kappa shape index (κ3) is 1.61. The van der Waals surface area contributed by atoms with Gasteiger partial charge in [-0.15, -0.1) is 20.7 Å². The van der Waals surface area contributed by atoms with Gasteiger partial charge in [-0.1, -0.05) is 18.2 Å². The minimum Gasteiger partial charge on any atom is -0.357 e. The summed E-state index contributed by atoms with van der Waals surface area (Å²) in [6.45, 7) is 0. The number of benzene rings is 1. The molecule has 0 atom stereocenters. The normalized spacial score (nSPS) is 15.6. The molecule has 0 aromatic heterocycles. The van der Waals surface area contributed by atoms with Crippen LogP contribution in [-0.2, 0) is 6.42 Å². The lowest BCUT2D eigenvalue weighted by Gasteiger charge is -2.03. The summed E-state index contributed by atoms with van der Waals surface area (Å²) in [5.41, 5.74) is 2.78. The number of aryl methyl sites for hydroxylation is 1. The molecule has 2 heteroatoms. The van der Waals surface area contributed by atoms with Crippen molar-refractivity contribution in [3.05, 3.63) is 29.8 Å². The molecule has 0 bridgehead atoms. The standard InChI is InChI=1S/C9H10IN/c1-2-4-9-8(3-1)5-6-10-7-11-9/h1-4,7,11H,5-6H2. The summed E-state index contributed by atoms with van der Waals surface area (Å²) in [4.78, 5) is 0. The van der Waals surface area contributed by atoms with Crippen molar-refractivity contribution in [2.24, 2.45) is 0 Å². The number of fused-ring (bicyclic) bond motifs is 1. The second-order valence-corrected chi connectivity index (χ2v) is 5.09. The molecular weight excluding hydrogens is 249 g/mol. The Morgan fingerprint density at radius 2 is 2.18 bits per heavy atom. The Bertz CT molecular complexity index is 281. The fourth-order valence-corrected chi connectivity index (χ4v) is 2.95. The van der Waals surface area contributed by atoms with Crippen LogP contribution < -0.4 is 5.32 Å². The van der Waals surface area contributed by atoms with Gasteiger partial charge in [-0.05, 0) is 18.1 Å². The van der Waals surface area contributed by atoms with E-state index in [4.69, 9.17) is 0 Å².